The molecule has 6 heteroatoms. The van der Waals surface area contributed by atoms with Crippen LogP contribution in [-0.4, -0.2) is 44.2 Å². The van der Waals surface area contributed by atoms with E-state index in [1.807, 2.05) is 6.92 Å². The van der Waals surface area contributed by atoms with Crippen LogP contribution >= 0.6 is 0 Å². The van der Waals surface area contributed by atoms with E-state index in [9.17, 15) is 9.18 Å². The molecule has 1 amide bonds. The largest absolute Gasteiger partial charge is 0.494 e. The third-order valence-corrected chi connectivity index (χ3v) is 4.30. The van der Waals surface area contributed by atoms with Gasteiger partial charge in [0.05, 0.1) is 25.9 Å². The standard InChI is InChI=1S/C17H25FN2O3/c1-12(20-8-6-4-5-7-9-20)17(21)19-14-10-13(18)15(22-2)11-16(14)23-3/h10-12H,4-9H2,1-3H3,(H,19,21)/t12-/m0/s1. The van der Waals surface area contributed by atoms with Crippen molar-refractivity contribution in [3.05, 3.63) is 17.9 Å². The summed E-state index contributed by atoms with van der Waals surface area (Å²) in [7, 11) is 2.86. The number of rotatable bonds is 5. The Morgan fingerprint density at radius 1 is 1.13 bits per heavy atom. The van der Waals surface area contributed by atoms with Crippen LogP contribution in [0.25, 0.3) is 0 Å². The quantitative estimate of drug-likeness (QED) is 0.904. The number of benzene rings is 1. The van der Waals surface area contributed by atoms with Crippen molar-refractivity contribution in [3.63, 3.8) is 0 Å². The molecule has 0 aliphatic carbocycles. The third-order valence-electron chi connectivity index (χ3n) is 4.30. The van der Waals surface area contributed by atoms with Crippen LogP contribution in [0.2, 0.25) is 0 Å². The van der Waals surface area contributed by atoms with Gasteiger partial charge in [0.2, 0.25) is 5.91 Å². The zero-order chi connectivity index (χ0) is 16.8. The fourth-order valence-electron chi connectivity index (χ4n) is 2.84. The summed E-state index contributed by atoms with van der Waals surface area (Å²) in [5, 5.41) is 2.77. The average Bonchev–Trinajstić information content (AvgIpc) is 2.83. The topological polar surface area (TPSA) is 50.8 Å². The Balaban J connectivity index is 2.11. The molecule has 1 atom stereocenters. The molecule has 0 bridgehead atoms. The van der Waals surface area contributed by atoms with Crippen LogP contribution in [0.1, 0.15) is 32.6 Å². The first kappa shape index (κ1) is 17.5. The summed E-state index contributed by atoms with van der Waals surface area (Å²) in [6, 6.07) is 2.40. The highest BCUT2D eigenvalue weighted by Crippen LogP contribution is 2.32. The summed E-state index contributed by atoms with van der Waals surface area (Å²) in [4.78, 5) is 14.7. The van der Waals surface area contributed by atoms with Gasteiger partial charge in [0.1, 0.15) is 5.75 Å². The predicted molar refractivity (Wildman–Crippen MR) is 87.6 cm³/mol. The average molecular weight is 324 g/mol. The summed E-state index contributed by atoms with van der Waals surface area (Å²) >= 11 is 0. The zero-order valence-electron chi connectivity index (χ0n) is 14.0. The molecule has 0 saturated carbocycles. The Bertz CT molecular complexity index is 543. The Kier molecular flexibility index (Phi) is 6.21. The van der Waals surface area contributed by atoms with Crippen molar-refractivity contribution in [2.75, 3.05) is 32.6 Å². The van der Waals surface area contributed by atoms with Gasteiger partial charge >= 0.3 is 0 Å². The summed E-state index contributed by atoms with van der Waals surface area (Å²) in [5.74, 6) is -0.235. The van der Waals surface area contributed by atoms with E-state index in [1.54, 1.807) is 0 Å². The van der Waals surface area contributed by atoms with Crippen molar-refractivity contribution in [1.82, 2.24) is 4.90 Å². The number of nitrogens with zero attached hydrogens (tertiary/aromatic N) is 1. The van der Waals surface area contributed by atoms with Gasteiger partial charge in [0.15, 0.2) is 11.6 Å². The highest BCUT2D eigenvalue weighted by atomic mass is 19.1. The molecule has 1 aromatic carbocycles. The Morgan fingerprint density at radius 2 is 1.74 bits per heavy atom. The minimum atomic E-state index is -0.536. The molecule has 128 valence electrons. The lowest BCUT2D eigenvalue weighted by atomic mass is 10.2. The van der Waals surface area contributed by atoms with Crippen molar-refractivity contribution in [1.29, 1.82) is 0 Å². The van der Waals surface area contributed by atoms with E-state index in [0.29, 0.717) is 11.4 Å². The van der Waals surface area contributed by atoms with Crippen molar-refractivity contribution in [2.45, 2.75) is 38.6 Å². The first-order chi connectivity index (χ1) is 11.1. The first-order valence-electron chi connectivity index (χ1n) is 8.03. The van der Waals surface area contributed by atoms with Crippen molar-refractivity contribution < 1.29 is 18.7 Å². The van der Waals surface area contributed by atoms with Gasteiger partial charge in [-0.25, -0.2) is 4.39 Å². The SMILES string of the molecule is COc1cc(OC)c(NC(=O)[C@H](C)N2CCCCCC2)cc1F. The van der Waals surface area contributed by atoms with E-state index in [-0.39, 0.29) is 17.7 Å². The van der Waals surface area contributed by atoms with Crippen LogP contribution in [0.15, 0.2) is 12.1 Å². The van der Waals surface area contributed by atoms with E-state index in [4.69, 9.17) is 9.47 Å². The summed E-state index contributed by atoms with van der Waals surface area (Å²) < 4.78 is 24.0. The molecule has 2 rings (SSSR count). The van der Waals surface area contributed by atoms with Crippen LogP contribution < -0.4 is 14.8 Å². The second kappa shape index (κ2) is 8.15. The highest BCUT2D eigenvalue weighted by molar-refractivity contribution is 5.96. The molecule has 1 heterocycles. The van der Waals surface area contributed by atoms with Gasteiger partial charge in [-0.05, 0) is 32.9 Å². The lowest BCUT2D eigenvalue weighted by molar-refractivity contribution is -0.120. The number of methoxy groups -OCH3 is 2. The monoisotopic (exact) mass is 324 g/mol. The number of hydrogen-bond acceptors (Lipinski definition) is 4. The Labute approximate surface area is 136 Å². The van der Waals surface area contributed by atoms with Gasteiger partial charge in [0.25, 0.3) is 0 Å². The predicted octanol–water partition coefficient (Wildman–Crippen LogP) is 3.05. The van der Waals surface area contributed by atoms with E-state index >= 15 is 0 Å². The molecule has 1 N–H and O–H groups in total. The Morgan fingerprint density at radius 3 is 2.30 bits per heavy atom. The third kappa shape index (κ3) is 4.34. The van der Waals surface area contributed by atoms with Gasteiger partial charge in [-0.15, -0.1) is 0 Å². The van der Waals surface area contributed by atoms with Gasteiger partial charge in [-0.1, -0.05) is 12.8 Å². The summed E-state index contributed by atoms with van der Waals surface area (Å²) in [6.45, 7) is 3.72. The van der Waals surface area contributed by atoms with E-state index in [2.05, 4.69) is 10.2 Å². The van der Waals surface area contributed by atoms with Crippen LogP contribution in [0, 0.1) is 5.82 Å². The van der Waals surface area contributed by atoms with Crippen molar-refractivity contribution >= 4 is 11.6 Å². The second-order valence-electron chi connectivity index (χ2n) is 5.80. The zero-order valence-corrected chi connectivity index (χ0v) is 14.0. The molecule has 0 aromatic heterocycles. The molecule has 0 radical (unpaired) electrons. The number of hydrogen-bond donors (Lipinski definition) is 1. The van der Waals surface area contributed by atoms with Gasteiger partial charge in [-0.2, -0.15) is 0 Å². The van der Waals surface area contributed by atoms with E-state index in [1.165, 1.54) is 39.2 Å². The van der Waals surface area contributed by atoms with Crippen LogP contribution in [-0.2, 0) is 4.79 Å². The van der Waals surface area contributed by atoms with Crippen LogP contribution in [0.3, 0.4) is 0 Å². The fraction of sp³-hybridized carbons (Fsp3) is 0.588. The molecule has 0 spiro atoms. The summed E-state index contributed by atoms with van der Waals surface area (Å²) in [5.41, 5.74) is 0.317. The molecule has 1 aliphatic rings. The number of halogens is 1. The molecule has 1 aromatic rings. The van der Waals surface area contributed by atoms with Crippen molar-refractivity contribution in [2.24, 2.45) is 0 Å². The number of carbonyl (C=O) groups is 1. The number of nitrogens with one attached hydrogen (secondary N) is 1. The lowest BCUT2D eigenvalue weighted by Gasteiger charge is -2.26. The van der Waals surface area contributed by atoms with Crippen LogP contribution in [0.4, 0.5) is 10.1 Å². The van der Waals surface area contributed by atoms with Gasteiger partial charge in [0, 0.05) is 12.1 Å². The minimum absolute atomic E-state index is 0.0837. The number of carbonyl (C=O) groups excluding carboxylic acids is 1. The fourth-order valence-corrected chi connectivity index (χ4v) is 2.84. The van der Waals surface area contributed by atoms with Crippen LogP contribution in [0.5, 0.6) is 11.5 Å². The molecular weight excluding hydrogens is 299 g/mol. The first-order valence-corrected chi connectivity index (χ1v) is 8.03. The van der Waals surface area contributed by atoms with Gasteiger partial charge in [-0.3, -0.25) is 9.69 Å². The number of anilines is 1. The number of likely N-dealkylation sites (tertiary alicyclic amines) is 1. The summed E-state index contributed by atoms with van der Waals surface area (Å²) in [6.07, 6.45) is 4.64. The normalized spacial score (nSPS) is 17.2. The molecular formula is C17H25FN2O3. The highest BCUT2D eigenvalue weighted by Gasteiger charge is 2.23. The van der Waals surface area contributed by atoms with E-state index in [0.717, 1.165) is 25.9 Å². The lowest BCUT2D eigenvalue weighted by Crippen LogP contribution is -2.42. The van der Waals surface area contributed by atoms with E-state index < -0.39 is 5.82 Å². The molecule has 23 heavy (non-hydrogen) atoms. The van der Waals surface area contributed by atoms with Gasteiger partial charge < -0.3 is 14.8 Å². The molecule has 1 saturated heterocycles. The van der Waals surface area contributed by atoms with Crippen molar-refractivity contribution in [3.8, 4) is 11.5 Å². The maximum absolute atomic E-state index is 13.9. The number of amides is 1. The molecule has 1 aliphatic heterocycles. The second-order valence-corrected chi connectivity index (χ2v) is 5.80. The molecule has 0 unspecified atom stereocenters. The minimum Gasteiger partial charge on any atom is -0.494 e. The molecule has 5 nitrogen and oxygen atoms in total. The smallest absolute Gasteiger partial charge is 0.241 e. The molecule has 1 fully saturated rings. The maximum Gasteiger partial charge on any atom is 0.241 e. The Hall–Kier alpha value is -1.82. The number of ether oxygens (including phenoxy) is 2. The maximum atomic E-state index is 13.9.